The highest BCUT2D eigenvalue weighted by Gasteiger charge is 2.29. The zero-order valence-corrected chi connectivity index (χ0v) is 16.6. The number of carbonyl (C=O) groups excluding carboxylic acids is 1. The summed E-state index contributed by atoms with van der Waals surface area (Å²) in [6.45, 7) is 2.01. The first-order chi connectivity index (χ1) is 14.0. The molecule has 3 aromatic rings. The molecule has 2 aromatic carbocycles. The quantitative estimate of drug-likeness (QED) is 0.627. The molecule has 148 valence electrons. The highest BCUT2D eigenvalue weighted by atomic mass is 32.1. The van der Waals surface area contributed by atoms with Crippen LogP contribution >= 0.6 is 11.3 Å². The molecule has 0 fully saturated rings. The topological polar surface area (TPSA) is 88.5 Å². The largest absolute Gasteiger partial charge is 0.481 e. The van der Waals surface area contributed by atoms with E-state index in [0.29, 0.717) is 4.88 Å². The van der Waals surface area contributed by atoms with Gasteiger partial charge in [-0.25, -0.2) is 9.78 Å². The molecular formula is C22H20N2O4S. The molecule has 7 heteroatoms. The van der Waals surface area contributed by atoms with Crippen molar-refractivity contribution in [1.82, 2.24) is 10.3 Å². The maximum absolute atomic E-state index is 12.5. The first-order valence-electron chi connectivity index (χ1n) is 9.28. The van der Waals surface area contributed by atoms with Gasteiger partial charge in [0.15, 0.2) is 0 Å². The number of aliphatic carboxylic acids is 1. The minimum atomic E-state index is -1.000. The van der Waals surface area contributed by atoms with E-state index in [2.05, 4.69) is 34.6 Å². The Kier molecular flexibility index (Phi) is 5.31. The summed E-state index contributed by atoms with van der Waals surface area (Å²) in [7, 11) is 0. The normalized spacial score (nSPS) is 13.4. The molecule has 0 saturated carbocycles. The standard InChI is InChI=1S/C22H20N2O4S/c1-13-23-11-20(29-13)19(10-21(25)26)24-22(27)28-12-18-16-8-4-2-6-14(16)15-7-3-5-9-17(15)18/h2-9,11,18-19H,10,12H2,1H3,(H,24,27)(H,25,26)/t19-/m1/s1. The summed E-state index contributed by atoms with van der Waals surface area (Å²) < 4.78 is 5.52. The molecule has 0 saturated heterocycles. The highest BCUT2D eigenvalue weighted by molar-refractivity contribution is 7.11. The van der Waals surface area contributed by atoms with Crippen LogP contribution in [0, 0.1) is 6.92 Å². The molecule has 6 nitrogen and oxygen atoms in total. The van der Waals surface area contributed by atoms with Crippen molar-refractivity contribution in [2.24, 2.45) is 0 Å². The van der Waals surface area contributed by atoms with Crippen molar-refractivity contribution in [3.8, 4) is 11.1 Å². The molecule has 1 aliphatic rings. The molecule has 29 heavy (non-hydrogen) atoms. The molecule has 0 spiro atoms. The van der Waals surface area contributed by atoms with Gasteiger partial charge < -0.3 is 15.2 Å². The fraction of sp³-hybridized carbons (Fsp3) is 0.227. The van der Waals surface area contributed by atoms with E-state index in [9.17, 15) is 14.7 Å². The van der Waals surface area contributed by atoms with E-state index in [1.807, 2.05) is 31.2 Å². The van der Waals surface area contributed by atoms with E-state index < -0.39 is 18.1 Å². The summed E-state index contributed by atoms with van der Waals surface area (Å²) in [6, 6.07) is 15.5. The van der Waals surface area contributed by atoms with Crippen molar-refractivity contribution >= 4 is 23.4 Å². The van der Waals surface area contributed by atoms with Crippen molar-refractivity contribution < 1.29 is 19.4 Å². The minimum Gasteiger partial charge on any atom is -0.481 e. The third kappa shape index (κ3) is 4.00. The monoisotopic (exact) mass is 408 g/mol. The lowest BCUT2D eigenvalue weighted by Crippen LogP contribution is -2.31. The van der Waals surface area contributed by atoms with Gasteiger partial charge in [0.1, 0.15) is 6.61 Å². The molecule has 0 unspecified atom stereocenters. The Balaban J connectivity index is 1.47. The fourth-order valence-corrected chi connectivity index (χ4v) is 4.56. The van der Waals surface area contributed by atoms with Gasteiger partial charge in [0.2, 0.25) is 0 Å². The number of rotatable bonds is 6. The Labute approximate surface area is 172 Å². The number of aromatic nitrogens is 1. The number of benzene rings is 2. The third-order valence-corrected chi connectivity index (χ3v) is 6.02. The molecule has 2 N–H and O–H groups in total. The third-order valence-electron chi connectivity index (χ3n) is 5.00. The predicted molar refractivity (Wildman–Crippen MR) is 110 cm³/mol. The number of nitrogens with one attached hydrogen (secondary N) is 1. The van der Waals surface area contributed by atoms with E-state index in [-0.39, 0.29) is 18.9 Å². The number of hydrogen-bond donors (Lipinski definition) is 2. The van der Waals surface area contributed by atoms with Crippen LogP contribution in [-0.2, 0) is 9.53 Å². The van der Waals surface area contributed by atoms with Crippen LogP contribution in [0.25, 0.3) is 11.1 Å². The van der Waals surface area contributed by atoms with Gasteiger partial charge in [0.25, 0.3) is 0 Å². The van der Waals surface area contributed by atoms with Gasteiger partial charge in [-0.3, -0.25) is 4.79 Å². The maximum atomic E-state index is 12.5. The van der Waals surface area contributed by atoms with E-state index in [0.717, 1.165) is 27.3 Å². The van der Waals surface area contributed by atoms with E-state index >= 15 is 0 Å². The number of alkyl carbamates (subject to hydrolysis) is 1. The lowest BCUT2D eigenvalue weighted by Gasteiger charge is -2.18. The van der Waals surface area contributed by atoms with Gasteiger partial charge in [0, 0.05) is 17.0 Å². The maximum Gasteiger partial charge on any atom is 0.407 e. The van der Waals surface area contributed by atoms with Crippen LogP contribution in [0.15, 0.2) is 54.7 Å². The molecule has 1 heterocycles. The van der Waals surface area contributed by atoms with E-state index in [1.165, 1.54) is 11.3 Å². The SMILES string of the molecule is Cc1ncc([C@@H](CC(=O)O)NC(=O)OCC2c3ccccc3-c3ccccc32)s1. The summed E-state index contributed by atoms with van der Waals surface area (Å²) >= 11 is 1.36. The molecule has 4 rings (SSSR count). The fourth-order valence-electron chi connectivity index (χ4n) is 3.72. The van der Waals surface area contributed by atoms with Crippen LogP contribution in [0.3, 0.4) is 0 Å². The predicted octanol–water partition coefficient (Wildman–Crippen LogP) is 4.51. The summed E-state index contributed by atoms with van der Waals surface area (Å²) in [5, 5.41) is 12.7. The Morgan fingerprint density at radius 3 is 2.31 bits per heavy atom. The van der Waals surface area contributed by atoms with Gasteiger partial charge in [-0.05, 0) is 29.2 Å². The number of amides is 1. The number of fused-ring (bicyclic) bond motifs is 3. The van der Waals surface area contributed by atoms with E-state index in [1.54, 1.807) is 6.20 Å². The van der Waals surface area contributed by atoms with Gasteiger partial charge in [0.05, 0.1) is 17.5 Å². The average molecular weight is 408 g/mol. The van der Waals surface area contributed by atoms with Crippen LogP contribution < -0.4 is 5.32 Å². The highest BCUT2D eigenvalue weighted by Crippen LogP contribution is 2.44. The van der Waals surface area contributed by atoms with Crippen molar-refractivity contribution in [2.45, 2.75) is 25.3 Å². The molecule has 1 atom stereocenters. The number of carboxylic acid groups (broad SMARTS) is 1. The zero-order valence-electron chi connectivity index (χ0n) is 15.8. The molecule has 1 amide bonds. The van der Waals surface area contributed by atoms with Crippen LogP contribution in [0.2, 0.25) is 0 Å². The van der Waals surface area contributed by atoms with Crippen LogP contribution in [-0.4, -0.2) is 28.8 Å². The zero-order chi connectivity index (χ0) is 20.4. The Morgan fingerprint density at radius 2 is 1.76 bits per heavy atom. The van der Waals surface area contributed by atoms with Crippen molar-refractivity contribution in [3.05, 3.63) is 75.7 Å². The number of nitrogens with zero attached hydrogens (tertiary/aromatic N) is 1. The molecular weight excluding hydrogens is 388 g/mol. The lowest BCUT2D eigenvalue weighted by atomic mass is 9.98. The summed E-state index contributed by atoms with van der Waals surface area (Å²) in [4.78, 5) is 28.5. The molecule has 0 bridgehead atoms. The Hall–Kier alpha value is -3.19. The average Bonchev–Trinajstić information content (AvgIpc) is 3.27. The van der Waals surface area contributed by atoms with Gasteiger partial charge in [-0.2, -0.15) is 0 Å². The number of hydrogen-bond acceptors (Lipinski definition) is 5. The number of aryl methyl sites for hydroxylation is 1. The second kappa shape index (κ2) is 8.05. The van der Waals surface area contributed by atoms with Gasteiger partial charge in [-0.1, -0.05) is 48.5 Å². The second-order valence-electron chi connectivity index (χ2n) is 6.90. The Morgan fingerprint density at radius 1 is 1.14 bits per heavy atom. The van der Waals surface area contributed by atoms with Gasteiger partial charge in [-0.15, -0.1) is 11.3 Å². The van der Waals surface area contributed by atoms with Crippen molar-refractivity contribution in [1.29, 1.82) is 0 Å². The summed E-state index contributed by atoms with van der Waals surface area (Å²) in [5.41, 5.74) is 4.56. The van der Waals surface area contributed by atoms with Crippen molar-refractivity contribution in [3.63, 3.8) is 0 Å². The molecule has 1 aromatic heterocycles. The Bertz CT molecular complexity index is 1020. The number of ether oxygens (including phenoxy) is 1. The van der Waals surface area contributed by atoms with Crippen LogP contribution in [0.1, 0.15) is 39.4 Å². The molecule has 0 aliphatic heterocycles. The second-order valence-corrected chi connectivity index (χ2v) is 8.17. The summed E-state index contributed by atoms with van der Waals surface area (Å²) in [6.07, 6.45) is 0.729. The smallest absolute Gasteiger partial charge is 0.407 e. The van der Waals surface area contributed by atoms with Crippen molar-refractivity contribution in [2.75, 3.05) is 6.61 Å². The number of thiazole rings is 1. The number of carbonyl (C=O) groups is 2. The number of carboxylic acids is 1. The van der Waals surface area contributed by atoms with E-state index in [4.69, 9.17) is 4.74 Å². The van der Waals surface area contributed by atoms with Gasteiger partial charge >= 0.3 is 12.1 Å². The molecule has 0 radical (unpaired) electrons. The minimum absolute atomic E-state index is 0.0447. The van der Waals surface area contributed by atoms with Crippen LogP contribution in [0.5, 0.6) is 0 Å². The summed E-state index contributed by atoms with van der Waals surface area (Å²) in [5.74, 6) is -1.04. The molecule has 1 aliphatic carbocycles. The first kappa shape index (κ1) is 19.1. The van der Waals surface area contributed by atoms with Crippen LogP contribution in [0.4, 0.5) is 4.79 Å². The lowest BCUT2D eigenvalue weighted by molar-refractivity contribution is -0.137. The first-order valence-corrected chi connectivity index (χ1v) is 10.1.